The van der Waals surface area contributed by atoms with Crippen molar-refractivity contribution in [3.05, 3.63) is 0 Å². The summed E-state index contributed by atoms with van der Waals surface area (Å²) in [5, 5.41) is 22.3. The summed E-state index contributed by atoms with van der Waals surface area (Å²) in [5.41, 5.74) is -0.863. The van der Waals surface area contributed by atoms with Crippen molar-refractivity contribution < 1.29 is 9.90 Å². The molecule has 5 nitrogen and oxygen atoms in total. The van der Waals surface area contributed by atoms with Crippen molar-refractivity contribution in [1.82, 2.24) is 10.2 Å². The van der Waals surface area contributed by atoms with Crippen molar-refractivity contribution in [2.45, 2.75) is 58.0 Å². The molecule has 1 saturated carbocycles. The minimum atomic E-state index is -0.863. The highest BCUT2D eigenvalue weighted by Gasteiger charge is 2.39. The van der Waals surface area contributed by atoms with E-state index in [4.69, 9.17) is 0 Å². The molecule has 22 heavy (non-hydrogen) atoms. The fraction of sp³-hybridized carbons (Fsp3) is 0.882. The number of hydrogen-bond acceptors (Lipinski definition) is 4. The van der Waals surface area contributed by atoms with E-state index in [-0.39, 0.29) is 12.5 Å². The van der Waals surface area contributed by atoms with E-state index in [0.29, 0.717) is 19.4 Å². The second-order valence-corrected chi connectivity index (χ2v) is 7.10. The van der Waals surface area contributed by atoms with Crippen molar-refractivity contribution in [1.29, 1.82) is 5.26 Å². The number of hydrogen-bond donors (Lipinski definition) is 2. The number of nitrogens with one attached hydrogen (secondary N) is 1. The van der Waals surface area contributed by atoms with Gasteiger partial charge in [0, 0.05) is 13.1 Å². The largest absolute Gasteiger partial charge is 0.390 e. The maximum absolute atomic E-state index is 12.3. The molecule has 1 heterocycles. The highest BCUT2D eigenvalue weighted by molar-refractivity contribution is 5.85. The topological polar surface area (TPSA) is 76.4 Å². The van der Waals surface area contributed by atoms with Crippen molar-refractivity contribution in [2.24, 2.45) is 11.3 Å². The first-order valence-corrected chi connectivity index (χ1v) is 8.66. The highest BCUT2D eigenvalue weighted by Crippen LogP contribution is 2.35. The van der Waals surface area contributed by atoms with E-state index in [1.807, 2.05) is 0 Å². The lowest BCUT2D eigenvalue weighted by atomic mass is 9.74. The molecule has 0 spiro atoms. The number of likely N-dealkylation sites (tertiary alicyclic amines) is 1. The van der Waals surface area contributed by atoms with Crippen molar-refractivity contribution in [3.63, 3.8) is 0 Å². The van der Waals surface area contributed by atoms with E-state index >= 15 is 0 Å². The molecule has 1 aliphatic heterocycles. The smallest absolute Gasteiger partial charge is 0.240 e. The van der Waals surface area contributed by atoms with Gasteiger partial charge in [0.1, 0.15) is 5.41 Å². The standard InChI is InChI=1S/C17H29N3O2/c1-14-5-9-20(10-6-14)12-15(21)11-19-16(22)17(13-18)7-3-2-4-8-17/h14-15,21H,2-12H2,1H3,(H,19,22). The third kappa shape index (κ3) is 4.44. The number of piperidine rings is 1. The lowest BCUT2D eigenvalue weighted by Gasteiger charge is -2.32. The summed E-state index contributed by atoms with van der Waals surface area (Å²) < 4.78 is 0. The molecule has 0 aromatic rings. The van der Waals surface area contributed by atoms with Crippen LogP contribution < -0.4 is 5.32 Å². The third-order valence-corrected chi connectivity index (χ3v) is 5.20. The Morgan fingerprint density at radius 1 is 1.36 bits per heavy atom. The second kappa shape index (κ2) is 7.94. The van der Waals surface area contributed by atoms with Crippen LogP contribution in [-0.2, 0) is 4.79 Å². The molecule has 0 aromatic heterocycles. The number of aliphatic hydroxyl groups excluding tert-OH is 1. The lowest BCUT2D eigenvalue weighted by Crippen LogP contribution is -2.47. The van der Waals surface area contributed by atoms with Gasteiger partial charge in [-0.25, -0.2) is 0 Å². The first-order chi connectivity index (χ1) is 10.6. The van der Waals surface area contributed by atoms with Gasteiger partial charge < -0.3 is 15.3 Å². The van der Waals surface area contributed by atoms with E-state index in [2.05, 4.69) is 23.2 Å². The zero-order valence-electron chi connectivity index (χ0n) is 13.7. The highest BCUT2D eigenvalue weighted by atomic mass is 16.3. The van der Waals surface area contributed by atoms with Gasteiger partial charge in [-0.1, -0.05) is 26.2 Å². The number of carbonyl (C=O) groups excluding carboxylic acids is 1. The molecule has 124 valence electrons. The molecule has 0 aromatic carbocycles. The van der Waals surface area contributed by atoms with Crippen LogP contribution in [0.3, 0.4) is 0 Å². The average molecular weight is 307 g/mol. The normalized spacial score (nSPS) is 24.4. The molecule has 0 radical (unpaired) electrons. The molecular formula is C17H29N3O2. The van der Waals surface area contributed by atoms with Crippen LogP contribution in [0, 0.1) is 22.7 Å². The van der Waals surface area contributed by atoms with Crippen molar-refractivity contribution >= 4 is 5.91 Å². The van der Waals surface area contributed by atoms with Gasteiger partial charge in [0.25, 0.3) is 0 Å². The molecule has 1 amide bonds. The molecule has 1 atom stereocenters. The second-order valence-electron chi connectivity index (χ2n) is 7.10. The molecule has 5 heteroatoms. The molecule has 2 rings (SSSR count). The Balaban J connectivity index is 1.74. The van der Waals surface area contributed by atoms with Crippen LogP contribution in [0.15, 0.2) is 0 Å². The molecule has 2 fully saturated rings. The summed E-state index contributed by atoms with van der Waals surface area (Å²) in [7, 11) is 0. The number of carbonyl (C=O) groups is 1. The van der Waals surface area contributed by atoms with Crippen LogP contribution in [0.1, 0.15) is 51.9 Å². The van der Waals surface area contributed by atoms with Crippen LogP contribution in [0.4, 0.5) is 0 Å². The molecule has 0 bridgehead atoms. The van der Waals surface area contributed by atoms with Crippen LogP contribution in [0.25, 0.3) is 0 Å². The predicted molar refractivity (Wildman–Crippen MR) is 85.0 cm³/mol. The molecular weight excluding hydrogens is 278 g/mol. The first-order valence-electron chi connectivity index (χ1n) is 8.66. The van der Waals surface area contributed by atoms with Gasteiger partial charge in [0.2, 0.25) is 5.91 Å². The Kier molecular flexibility index (Phi) is 6.22. The summed E-state index contributed by atoms with van der Waals surface area (Å²) >= 11 is 0. The van der Waals surface area contributed by atoms with E-state index in [1.165, 1.54) is 12.8 Å². The fourth-order valence-corrected chi connectivity index (χ4v) is 3.53. The lowest BCUT2D eigenvalue weighted by molar-refractivity contribution is -0.130. The van der Waals surface area contributed by atoms with Gasteiger partial charge in [-0.3, -0.25) is 4.79 Å². The minimum Gasteiger partial charge on any atom is -0.390 e. The zero-order valence-corrected chi connectivity index (χ0v) is 13.7. The van der Waals surface area contributed by atoms with Crippen LogP contribution in [-0.4, -0.2) is 48.2 Å². The van der Waals surface area contributed by atoms with Crippen LogP contribution in [0.2, 0.25) is 0 Å². The Bertz CT molecular complexity index is 405. The third-order valence-electron chi connectivity index (χ3n) is 5.20. The van der Waals surface area contributed by atoms with Gasteiger partial charge in [-0.2, -0.15) is 5.26 Å². The number of β-amino-alcohol motifs (C(OH)–C–C–N with tert-alkyl or cyclic N) is 1. The average Bonchev–Trinajstić information content (AvgIpc) is 2.55. The summed E-state index contributed by atoms with van der Waals surface area (Å²) in [4.78, 5) is 14.6. The van der Waals surface area contributed by atoms with Crippen molar-refractivity contribution in [3.8, 4) is 6.07 Å². The van der Waals surface area contributed by atoms with Crippen LogP contribution >= 0.6 is 0 Å². The molecule has 2 N–H and O–H groups in total. The Labute approximate surface area is 133 Å². The molecule has 1 aliphatic carbocycles. The molecule has 1 unspecified atom stereocenters. The van der Waals surface area contributed by atoms with Gasteiger partial charge in [0.15, 0.2) is 0 Å². The number of rotatable bonds is 5. The monoisotopic (exact) mass is 307 g/mol. The van der Waals surface area contributed by atoms with Gasteiger partial charge in [0.05, 0.1) is 12.2 Å². The number of nitriles is 1. The zero-order chi connectivity index (χ0) is 16.0. The number of aliphatic hydroxyl groups is 1. The molecule has 2 aliphatic rings. The fourth-order valence-electron chi connectivity index (χ4n) is 3.53. The van der Waals surface area contributed by atoms with E-state index in [9.17, 15) is 15.2 Å². The summed E-state index contributed by atoms with van der Waals surface area (Å²) in [6, 6.07) is 2.22. The number of nitrogens with zero attached hydrogens (tertiary/aromatic N) is 2. The van der Waals surface area contributed by atoms with E-state index in [1.54, 1.807) is 0 Å². The summed E-state index contributed by atoms with van der Waals surface area (Å²) in [6.07, 6.45) is 6.08. The first kappa shape index (κ1) is 17.2. The Morgan fingerprint density at radius 3 is 2.59 bits per heavy atom. The summed E-state index contributed by atoms with van der Waals surface area (Å²) in [6.45, 7) is 5.16. The summed E-state index contributed by atoms with van der Waals surface area (Å²) in [5.74, 6) is 0.580. The van der Waals surface area contributed by atoms with Gasteiger partial charge in [-0.15, -0.1) is 0 Å². The van der Waals surface area contributed by atoms with Gasteiger partial charge in [-0.05, 0) is 44.7 Å². The maximum atomic E-state index is 12.3. The quantitative estimate of drug-likeness (QED) is 0.810. The van der Waals surface area contributed by atoms with Gasteiger partial charge >= 0.3 is 0 Å². The Hall–Kier alpha value is -1.12. The molecule has 1 saturated heterocycles. The van der Waals surface area contributed by atoms with Crippen molar-refractivity contribution in [2.75, 3.05) is 26.2 Å². The predicted octanol–water partition coefficient (Wildman–Crippen LogP) is 1.67. The van der Waals surface area contributed by atoms with Crippen LogP contribution in [0.5, 0.6) is 0 Å². The van der Waals surface area contributed by atoms with E-state index < -0.39 is 11.5 Å². The Morgan fingerprint density at radius 2 is 2.00 bits per heavy atom. The maximum Gasteiger partial charge on any atom is 0.240 e. The minimum absolute atomic E-state index is 0.194. The number of amides is 1. The van der Waals surface area contributed by atoms with E-state index in [0.717, 1.165) is 38.3 Å². The SMILES string of the molecule is CC1CCN(CC(O)CNC(=O)C2(C#N)CCCCC2)CC1.